The third kappa shape index (κ3) is 2.45. The summed E-state index contributed by atoms with van der Waals surface area (Å²) in [5.41, 5.74) is 4.91. The molecular weight excluding hydrogens is 262 g/mol. The van der Waals surface area contributed by atoms with Crippen molar-refractivity contribution in [2.45, 2.75) is 52.5 Å². The van der Waals surface area contributed by atoms with Crippen molar-refractivity contribution in [3.8, 4) is 0 Å². The third-order valence-electron chi connectivity index (χ3n) is 4.49. The van der Waals surface area contributed by atoms with Gasteiger partial charge in [0.05, 0.1) is 17.4 Å². The van der Waals surface area contributed by atoms with Crippen molar-refractivity contribution in [3.05, 3.63) is 28.7 Å². The summed E-state index contributed by atoms with van der Waals surface area (Å²) in [7, 11) is 2.02. The molecule has 0 saturated heterocycles. The van der Waals surface area contributed by atoms with Crippen LogP contribution in [0.5, 0.6) is 0 Å². The molecule has 1 aliphatic heterocycles. The van der Waals surface area contributed by atoms with E-state index in [0.29, 0.717) is 6.04 Å². The van der Waals surface area contributed by atoms with Gasteiger partial charge in [-0.3, -0.25) is 4.68 Å². The summed E-state index contributed by atoms with van der Waals surface area (Å²) in [6, 6.07) is 2.52. The summed E-state index contributed by atoms with van der Waals surface area (Å²) in [6.45, 7) is 7.47. The van der Waals surface area contributed by atoms with Gasteiger partial charge in [-0.15, -0.1) is 0 Å². The van der Waals surface area contributed by atoms with E-state index in [1.165, 1.54) is 29.8 Å². The Labute approximate surface area is 126 Å². The molecular formula is C16H25N5. The van der Waals surface area contributed by atoms with Gasteiger partial charge in [-0.2, -0.15) is 10.2 Å². The summed E-state index contributed by atoms with van der Waals surface area (Å²) >= 11 is 0. The molecule has 1 aliphatic rings. The number of aromatic nitrogens is 4. The number of rotatable bonds is 4. The molecule has 0 amide bonds. The zero-order chi connectivity index (χ0) is 15.0. The quantitative estimate of drug-likeness (QED) is 0.940. The van der Waals surface area contributed by atoms with Crippen LogP contribution in [0.4, 0.5) is 5.82 Å². The minimum Gasteiger partial charge on any atom is -0.370 e. The number of nitrogens with one attached hydrogen (secondary N) is 1. The summed E-state index contributed by atoms with van der Waals surface area (Å²) in [5.74, 6) is 1.15. The number of fused-ring (bicyclic) bond motifs is 1. The molecule has 5 heteroatoms. The van der Waals surface area contributed by atoms with Gasteiger partial charge in [0.2, 0.25) is 0 Å². The minimum atomic E-state index is 0.310. The van der Waals surface area contributed by atoms with Gasteiger partial charge in [-0.1, -0.05) is 13.3 Å². The van der Waals surface area contributed by atoms with Crippen LogP contribution in [0.2, 0.25) is 0 Å². The summed E-state index contributed by atoms with van der Waals surface area (Å²) in [5, 5.41) is 12.9. The molecule has 3 heterocycles. The van der Waals surface area contributed by atoms with Gasteiger partial charge >= 0.3 is 0 Å². The molecule has 1 atom stereocenters. The molecule has 5 nitrogen and oxygen atoms in total. The lowest BCUT2D eigenvalue weighted by molar-refractivity contribution is 0.473. The van der Waals surface area contributed by atoms with Crippen LogP contribution in [0.3, 0.4) is 0 Å². The second-order valence-electron chi connectivity index (χ2n) is 6.01. The predicted octanol–water partition coefficient (Wildman–Crippen LogP) is 2.98. The smallest absolute Gasteiger partial charge is 0.125 e. The van der Waals surface area contributed by atoms with E-state index < -0.39 is 0 Å². The van der Waals surface area contributed by atoms with Gasteiger partial charge in [-0.05, 0) is 33.1 Å². The predicted molar refractivity (Wildman–Crippen MR) is 84.8 cm³/mol. The van der Waals surface area contributed by atoms with Crippen LogP contribution < -0.4 is 5.32 Å². The van der Waals surface area contributed by atoms with E-state index in [4.69, 9.17) is 5.10 Å². The minimum absolute atomic E-state index is 0.310. The fraction of sp³-hybridized carbons (Fsp3) is 0.625. The number of anilines is 1. The van der Waals surface area contributed by atoms with E-state index in [-0.39, 0.29) is 0 Å². The Hall–Kier alpha value is -1.78. The Morgan fingerprint density at radius 2 is 2.14 bits per heavy atom. The van der Waals surface area contributed by atoms with E-state index in [0.717, 1.165) is 30.9 Å². The van der Waals surface area contributed by atoms with Crippen molar-refractivity contribution < 1.29 is 0 Å². The number of nitrogens with zero attached hydrogens (tertiary/aromatic N) is 4. The fourth-order valence-corrected chi connectivity index (χ4v) is 3.29. The Morgan fingerprint density at radius 1 is 1.33 bits per heavy atom. The normalized spacial score (nSPS) is 17.6. The third-order valence-corrected chi connectivity index (χ3v) is 4.49. The van der Waals surface area contributed by atoms with Crippen molar-refractivity contribution in [2.24, 2.45) is 7.05 Å². The van der Waals surface area contributed by atoms with Gasteiger partial charge in [0.15, 0.2) is 0 Å². The van der Waals surface area contributed by atoms with Crippen LogP contribution in [0.25, 0.3) is 0 Å². The van der Waals surface area contributed by atoms with E-state index in [1.54, 1.807) is 0 Å². The van der Waals surface area contributed by atoms with Crippen molar-refractivity contribution in [1.29, 1.82) is 0 Å². The first-order valence-electron chi connectivity index (χ1n) is 7.94. The molecule has 3 rings (SSSR count). The lowest BCUT2D eigenvalue weighted by Crippen LogP contribution is -2.25. The zero-order valence-corrected chi connectivity index (χ0v) is 13.5. The highest BCUT2D eigenvalue weighted by Gasteiger charge is 2.27. The van der Waals surface area contributed by atoms with E-state index in [9.17, 15) is 0 Å². The van der Waals surface area contributed by atoms with Crippen molar-refractivity contribution >= 4 is 5.82 Å². The fourth-order valence-electron chi connectivity index (χ4n) is 3.29. The second-order valence-corrected chi connectivity index (χ2v) is 6.01. The average molecular weight is 287 g/mol. The van der Waals surface area contributed by atoms with Gasteiger partial charge < -0.3 is 5.32 Å². The van der Waals surface area contributed by atoms with E-state index >= 15 is 0 Å². The van der Waals surface area contributed by atoms with Crippen LogP contribution in [0.15, 0.2) is 6.07 Å². The van der Waals surface area contributed by atoms with Crippen molar-refractivity contribution in [1.82, 2.24) is 19.6 Å². The maximum absolute atomic E-state index is 4.85. The lowest BCUT2D eigenvalue weighted by Gasteiger charge is -2.26. The summed E-state index contributed by atoms with van der Waals surface area (Å²) < 4.78 is 4.15. The number of hydrogen-bond donors (Lipinski definition) is 1. The van der Waals surface area contributed by atoms with Crippen LogP contribution >= 0.6 is 0 Å². The van der Waals surface area contributed by atoms with Crippen molar-refractivity contribution in [2.75, 3.05) is 11.9 Å². The van der Waals surface area contributed by atoms with Gasteiger partial charge in [0.1, 0.15) is 5.82 Å². The molecule has 2 aromatic rings. The van der Waals surface area contributed by atoms with Crippen LogP contribution in [0.1, 0.15) is 54.9 Å². The molecule has 0 bridgehead atoms. The number of hydrogen-bond acceptors (Lipinski definition) is 3. The Kier molecular flexibility index (Phi) is 3.74. The molecule has 1 unspecified atom stereocenters. The Bertz CT molecular complexity index is 637. The molecule has 114 valence electrons. The average Bonchev–Trinajstić information content (AvgIpc) is 2.98. The highest BCUT2D eigenvalue weighted by atomic mass is 15.4. The topological polar surface area (TPSA) is 47.7 Å². The van der Waals surface area contributed by atoms with E-state index in [2.05, 4.69) is 41.9 Å². The molecule has 0 saturated carbocycles. The molecule has 0 aliphatic carbocycles. The van der Waals surface area contributed by atoms with Crippen molar-refractivity contribution in [3.63, 3.8) is 0 Å². The monoisotopic (exact) mass is 287 g/mol. The second kappa shape index (κ2) is 5.54. The summed E-state index contributed by atoms with van der Waals surface area (Å²) in [4.78, 5) is 0. The summed E-state index contributed by atoms with van der Waals surface area (Å²) in [6.07, 6.45) is 4.54. The van der Waals surface area contributed by atoms with Crippen LogP contribution in [0, 0.1) is 13.8 Å². The maximum atomic E-state index is 4.85. The molecule has 2 aromatic heterocycles. The van der Waals surface area contributed by atoms with Gasteiger partial charge in [-0.25, -0.2) is 4.68 Å². The van der Waals surface area contributed by atoms with Crippen LogP contribution in [-0.2, 0) is 13.5 Å². The van der Waals surface area contributed by atoms with E-state index in [1.807, 2.05) is 11.7 Å². The first-order valence-corrected chi connectivity index (χ1v) is 7.94. The standard InChI is InChI=1S/C16H25N5/c1-5-6-7-13-10-15-17-9-8-14(21(15)19-13)16-11(2)18-20(4)12(16)3/h10,14,17H,5-9H2,1-4H3. The molecule has 0 aromatic carbocycles. The van der Waals surface area contributed by atoms with Gasteiger partial charge in [0, 0.05) is 30.9 Å². The maximum Gasteiger partial charge on any atom is 0.125 e. The Morgan fingerprint density at radius 3 is 2.81 bits per heavy atom. The molecule has 0 spiro atoms. The zero-order valence-electron chi connectivity index (χ0n) is 13.5. The number of aryl methyl sites for hydroxylation is 3. The first kappa shape index (κ1) is 14.2. The molecule has 0 radical (unpaired) electrons. The lowest BCUT2D eigenvalue weighted by atomic mass is 10.0. The molecule has 0 fully saturated rings. The first-order chi connectivity index (χ1) is 10.1. The molecule has 21 heavy (non-hydrogen) atoms. The van der Waals surface area contributed by atoms with Gasteiger partial charge in [0.25, 0.3) is 0 Å². The highest BCUT2D eigenvalue weighted by molar-refractivity contribution is 5.42. The highest BCUT2D eigenvalue weighted by Crippen LogP contribution is 2.33. The number of unbranched alkanes of at least 4 members (excludes halogenated alkanes) is 1. The Balaban J connectivity index is 1.98. The SMILES string of the molecule is CCCCc1cc2n(n1)C(c1c(C)nn(C)c1C)CCN2. The molecule has 1 N–H and O–H groups in total. The largest absolute Gasteiger partial charge is 0.370 e. The van der Waals surface area contributed by atoms with Crippen LogP contribution in [-0.4, -0.2) is 26.1 Å².